The lowest BCUT2D eigenvalue weighted by Gasteiger charge is -2.11. The molecule has 0 radical (unpaired) electrons. The number of amides is 1. The Morgan fingerprint density at radius 3 is 2.73 bits per heavy atom. The van der Waals surface area contributed by atoms with Crippen LogP contribution in [0.2, 0.25) is 0 Å². The van der Waals surface area contributed by atoms with E-state index in [0.717, 1.165) is 0 Å². The van der Waals surface area contributed by atoms with Gasteiger partial charge in [0.2, 0.25) is 0 Å². The SMILES string of the molecule is O=CCN1C(=O)C(=O)c2c(Br)cccc21. The highest BCUT2D eigenvalue weighted by Gasteiger charge is 2.36. The van der Waals surface area contributed by atoms with Crippen LogP contribution in [-0.2, 0) is 9.59 Å². The zero-order valence-electron chi connectivity index (χ0n) is 7.57. The number of anilines is 1. The molecule has 0 bridgehead atoms. The number of aldehydes is 1. The average Bonchev–Trinajstić information content (AvgIpc) is 2.45. The molecule has 5 heteroatoms. The van der Waals surface area contributed by atoms with Crippen molar-refractivity contribution < 1.29 is 14.4 Å². The minimum Gasteiger partial charge on any atom is -0.301 e. The molecule has 0 aromatic heterocycles. The van der Waals surface area contributed by atoms with Gasteiger partial charge in [-0.15, -0.1) is 0 Å². The number of halogens is 1. The van der Waals surface area contributed by atoms with Gasteiger partial charge in [0.05, 0.1) is 17.8 Å². The second kappa shape index (κ2) is 3.58. The zero-order valence-corrected chi connectivity index (χ0v) is 9.15. The average molecular weight is 268 g/mol. The minimum atomic E-state index is -0.649. The summed E-state index contributed by atoms with van der Waals surface area (Å²) in [6, 6.07) is 5.05. The fraction of sp³-hybridized carbons (Fsp3) is 0.100. The molecule has 1 aliphatic heterocycles. The van der Waals surface area contributed by atoms with Crippen LogP contribution in [0.1, 0.15) is 10.4 Å². The molecule has 0 unspecified atom stereocenters. The molecule has 1 aliphatic rings. The summed E-state index contributed by atoms with van der Waals surface area (Å²) in [5, 5.41) is 0. The first-order valence-corrected chi connectivity index (χ1v) is 5.04. The molecule has 0 saturated heterocycles. The summed E-state index contributed by atoms with van der Waals surface area (Å²) in [4.78, 5) is 34.6. The summed E-state index contributed by atoms with van der Waals surface area (Å²) in [7, 11) is 0. The van der Waals surface area contributed by atoms with Gasteiger partial charge in [0.15, 0.2) is 0 Å². The van der Waals surface area contributed by atoms with Crippen LogP contribution in [0.5, 0.6) is 0 Å². The lowest BCUT2D eigenvalue weighted by molar-refractivity contribution is -0.115. The second-order valence-electron chi connectivity index (χ2n) is 3.05. The first kappa shape index (κ1) is 10.0. The third-order valence-electron chi connectivity index (χ3n) is 2.21. The molecule has 1 heterocycles. The summed E-state index contributed by atoms with van der Waals surface area (Å²) in [5.41, 5.74) is 0.829. The van der Waals surface area contributed by atoms with E-state index in [1.54, 1.807) is 18.2 Å². The molecule has 15 heavy (non-hydrogen) atoms. The summed E-state index contributed by atoms with van der Waals surface area (Å²) in [5.74, 6) is -1.22. The molecule has 4 nitrogen and oxygen atoms in total. The number of Topliss-reactive ketones (excluding diaryl/α,β-unsaturated/α-hetero) is 1. The molecule has 0 aliphatic carbocycles. The number of carbonyl (C=O) groups is 3. The van der Waals surface area contributed by atoms with Crippen LogP contribution in [0.4, 0.5) is 5.69 Å². The number of carbonyl (C=O) groups excluding carboxylic acids is 3. The van der Waals surface area contributed by atoms with Gasteiger partial charge in [-0.1, -0.05) is 6.07 Å². The van der Waals surface area contributed by atoms with Crippen LogP contribution in [0.25, 0.3) is 0 Å². The van der Waals surface area contributed by atoms with Crippen LogP contribution in [0.15, 0.2) is 22.7 Å². The van der Waals surface area contributed by atoms with Gasteiger partial charge < -0.3 is 4.79 Å². The lowest BCUT2D eigenvalue weighted by atomic mass is 10.1. The normalized spacial score (nSPS) is 14.3. The van der Waals surface area contributed by atoms with E-state index < -0.39 is 11.7 Å². The third-order valence-corrected chi connectivity index (χ3v) is 2.87. The molecule has 1 aromatic carbocycles. The highest BCUT2D eigenvalue weighted by Crippen LogP contribution is 2.33. The van der Waals surface area contributed by atoms with Crippen molar-refractivity contribution >= 4 is 39.6 Å². The van der Waals surface area contributed by atoms with Gasteiger partial charge in [-0.2, -0.15) is 0 Å². The van der Waals surface area contributed by atoms with E-state index in [1.165, 1.54) is 4.90 Å². The molecular weight excluding hydrogens is 262 g/mol. The summed E-state index contributed by atoms with van der Waals surface area (Å²) in [6.07, 6.45) is 0.598. The van der Waals surface area contributed by atoms with Crippen molar-refractivity contribution in [2.45, 2.75) is 0 Å². The number of rotatable bonds is 2. The molecule has 1 amide bonds. The molecule has 0 atom stereocenters. The van der Waals surface area contributed by atoms with Crippen molar-refractivity contribution in [1.29, 1.82) is 0 Å². The lowest BCUT2D eigenvalue weighted by Crippen LogP contribution is -2.31. The van der Waals surface area contributed by atoms with E-state index in [9.17, 15) is 14.4 Å². The third kappa shape index (κ3) is 1.39. The molecule has 2 rings (SSSR count). The number of fused-ring (bicyclic) bond motifs is 1. The molecule has 76 valence electrons. The Morgan fingerprint density at radius 1 is 1.33 bits per heavy atom. The quantitative estimate of drug-likeness (QED) is 0.597. The first-order valence-electron chi connectivity index (χ1n) is 4.25. The number of nitrogens with zero attached hydrogens (tertiary/aromatic N) is 1. The smallest absolute Gasteiger partial charge is 0.299 e. The maximum atomic E-state index is 11.6. The zero-order chi connectivity index (χ0) is 11.0. The van der Waals surface area contributed by atoms with Gasteiger partial charge in [0, 0.05) is 4.47 Å². The van der Waals surface area contributed by atoms with Crippen molar-refractivity contribution in [2.75, 3.05) is 11.4 Å². The number of benzene rings is 1. The van der Waals surface area contributed by atoms with Crippen LogP contribution >= 0.6 is 15.9 Å². The van der Waals surface area contributed by atoms with E-state index in [2.05, 4.69) is 15.9 Å². The predicted molar refractivity (Wildman–Crippen MR) is 56.9 cm³/mol. The van der Waals surface area contributed by atoms with Crippen molar-refractivity contribution in [3.63, 3.8) is 0 Å². The number of hydrogen-bond acceptors (Lipinski definition) is 3. The molecule has 0 fully saturated rings. The van der Waals surface area contributed by atoms with Crippen molar-refractivity contribution in [1.82, 2.24) is 0 Å². The monoisotopic (exact) mass is 267 g/mol. The van der Waals surface area contributed by atoms with Crippen LogP contribution in [-0.4, -0.2) is 24.5 Å². The predicted octanol–water partition coefficient (Wildman–Crippen LogP) is 1.18. The Morgan fingerprint density at radius 2 is 2.07 bits per heavy atom. The molecular formula is C10H6BrNO3. The van der Waals surface area contributed by atoms with Crippen LogP contribution in [0.3, 0.4) is 0 Å². The van der Waals surface area contributed by atoms with Gasteiger partial charge in [0.25, 0.3) is 11.7 Å². The topological polar surface area (TPSA) is 54.5 Å². The minimum absolute atomic E-state index is 0.0893. The highest BCUT2D eigenvalue weighted by molar-refractivity contribution is 9.10. The molecule has 1 aromatic rings. The maximum absolute atomic E-state index is 11.6. The Balaban J connectivity index is 2.60. The summed E-state index contributed by atoms with van der Waals surface area (Å²) < 4.78 is 0.576. The Kier molecular flexibility index (Phi) is 2.40. The maximum Gasteiger partial charge on any atom is 0.299 e. The number of hydrogen-bond donors (Lipinski definition) is 0. The fourth-order valence-corrected chi connectivity index (χ4v) is 2.09. The highest BCUT2D eigenvalue weighted by atomic mass is 79.9. The van der Waals surface area contributed by atoms with E-state index in [1.807, 2.05) is 0 Å². The van der Waals surface area contributed by atoms with Crippen LogP contribution < -0.4 is 4.90 Å². The van der Waals surface area contributed by atoms with Crippen molar-refractivity contribution in [2.24, 2.45) is 0 Å². The second-order valence-corrected chi connectivity index (χ2v) is 3.90. The van der Waals surface area contributed by atoms with Crippen molar-refractivity contribution in [3.05, 3.63) is 28.2 Å². The van der Waals surface area contributed by atoms with Gasteiger partial charge >= 0.3 is 0 Å². The van der Waals surface area contributed by atoms with Gasteiger partial charge in [0.1, 0.15) is 6.29 Å². The standard InChI is InChI=1S/C10H6BrNO3/c11-6-2-1-3-7-8(6)9(14)10(15)12(7)4-5-13/h1-3,5H,4H2. The number of ketones is 1. The summed E-state index contributed by atoms with van der Waals surface area (Å²) in [6.45, 7) is -0.0893. The van der Waals surface area contributed by atoms with E-state index in [0.29, 0.717) is 22.0 Å². The Bertz CT molecular complexity index is 470. The first-order chi connectivity index (χ1) is 7.16. The summed E-state index contributed by atoms with van der Waals surface area (Å²) >= 11 is 3.21. The Hall–Kier alpha value is -1.49. The van der Waals surface area contributed by atoms with Gasteiger partial charge in [-0.25, -0.2) is 0 Å². The largest absolute Gasteiger partial charge is 0.301 e. The van der Waals surface area contributed by atoms with Gasteiger partial charge in [-0.05, 0) is 28.1 Å². The molecule has 0 saturated carbocycles. The van der Waals surface area contributed by atoms with E-state index in [-0.39, 0.29) is 6.54 Å². The fourth-order valence-electron chi connectivity index (χ4n) is 1.56. The molecule has 0 spiro atoms. The van der Waals surface area contributed by atoms with Crippen LogP contribution in [0, 0.1) is 0 Å². The molecule has 0 N–H and O–H groups in total. The van der Waals surface area contributed by atoms with E-state index >= 15 is 0 Å². The van der Waals surface area contributed by atoms with Crippen molar-refractivity contribution in [3.8, 4) is 0 Å². The Labute approximate surface area is 94.0 Å². The van der Waals surface area contributed by atoms with Gasteiger partial charge in [-0.3, -0.25) is 14.5 Å². The van der Waals surface area contributed by atoms with E-state index in [4.69, 9.17) is 0 Å².